The van der Waals surface area contributed by atoms with Crippen LogP contribution in [0.2, 0.25) is 18.1 Å². The third-order valence-corrected chi connectivity index (χ3v) is 12.9. The first-order chi connectivity index (χ1) is 15.5. The van der Waals surface area contributed by atoms with Gasteiger partial charge in [0.1, 0.15) is 12.0 Å². The number of allylic oxidation sites excluding steroid dienone is 1. The van der Waals surface area contributed by atoms with Gasteiger partial charge in [-0.15, -0.1) is 5.10 Å². The van der Waals surface area contributed by atoms with E-state index in [1.165, 1.54) is 17.8 Å². The number of nitrogens with zero attached hydrogens (tertiary/aromatic N) is 5. The van der Waals surface area contributed by atoms with Crippen LogP contribution in [0.4, 0.5) is 4.79 Å². The summed E-state index contributed by atoms with van der Waals surface area (Å²) < 4.78 is 18.3. The van der Waals surface area contributed by atoms with Gasteiger partial charge in [0.2, 0.25) is 16.9 Å². The van der Waals surface area contributed by atoms with Crippen LogP contribution < -0.4 is 0 Å². The highest BCUT2D eigenvalue weighted by Gasteiger charge is 2.56. The smallest absolute Gasteiger partial charge is 0.430 e. The number of amides is 1. The average molecular weight is 514 g/mol. The van der Waals surface area contributed by atoms with Crippen molar-refractivity contribution in [2.75, 3.05) is 19.0 Å². The molecule has 10 nitrogen and oxygen atoms in total. The van der Waals surface area contributed by atoms with Crippen molar-refractivity contribution >= 4 is 43.9 Å². The number of aryl methyl sites for hydroxylation is 1. The molecule has 3 heterocycles. The lowest BCUT2D eigenvalue weighted by Gasteiger charge is -2.44. The molecule has 0 aromatic carbocycles. The predicted molar refractivity (Wildman–Crippen MR) is 129 cm³/mol. The van der Waals surface area contributed by atoms with E-state index in [0.29, 0.717) is 23.9 Å². The first-order valence-corrected chi connectivity index (χ1v) is 15.4. The molecule has 0 radical (unpaired) electrons. The van der Waals surface area contributed by atoms with Crippen molar-refractivity contribution in [2.24, 2.45) is 13.0 Å². The molecule has 1 aromatic rings. The lowest BCUT2D eigenvalue weighted by molar-refractivity contribution is -0.151. The Balaban J connectivity index is 1.68. The van der Waals surface area contributed by atoms with Gasteiger partial charge in [0, 0.05) is 24.3 Å². The van der Waals surface area contributed by atoms with E-state index in [9.17, 15) is 9.59 Å². The zero-order valence-corrected chi connectivity index (χ0v) is 22.5. The van der Waals surface area contributed by atoms with Crippen LogP contribution in [-0.2, 0) is 25.7 Å². The molecule has 1 saturated heterocycles. The molecule has 3 rings (SSSR count). The van der Waals surface area contributed by atoms with E-state index in [-0.39, 0.29) is 34.7 Å². The van der Waals surface area contributed by atoms with Crippen LogP contribution in [0.3, 0.4) is 0 Å². The Morgan fingerprint density at radius 2 is 2.09 bits per heavy atom. The van der Waals surface area contributed by atoms with Crippen LogP contribution in [0, 0.1) is 5.92 Å². The topological polar surface area (TPSA) is 109 Å². The number of hydrogen-bond donors (Lipinski definition) is 0. The number of tetrazole rings is 1. The molecule has 2 aliphatic heterocycles. The number of carbonyl (C=O) groups excluding carboxylic acids is 2. The molecule has 1 aromatic heterocycles. The highest BCUT2D eigenvalue weighted by molar-refractivity contribution is 8.04. The van der Waals surface area contributed by atoms with Gasteiger partial charge in [-0.3, -0.25) is 9.69 Å². The van der Waals surface area contributed by atoms with Crippen molar-refractivity contribution in [3.8, 4) is 0 Å². The van der Waals surface area contributed by atoms with Crippen LogP contribution >= 0.6 is 23.5 Å². The number of fused-ring (bicyclic) bond motifs is 1. The van der Waals surface area contributed by atoms with Crippen LogP contribution in [-0.4, -0.2) is 69.8 Å². The highest BCUT2D eigenvalue weighted by Crippen LogP contribution is 2.51. The van der Waals surface area contributed by atoms with E-state index in [2.05, 4.69) is 56.0 Å². The van der Waals surface area contributed by atoms with Gasteiger partial charge in [-0.05, 0) is 35.0 Å². The molecule has 1 amide bonds. The molecule has 0 unspecified atom stereocenters. The second kappa shape index (κ2) is 10.2. The van der Waals surface area contributed by atoms with Crippen LogP contribution in [0.1, 0.15) is 27.2 Å². The van der Waals surface area contributed by atoms with Gasteiger partial charge >= 0.3 is 6.16 Å². The quantitative estimate of drug-likeness (QED) is 0.151. The molecule has 13 heteroatoms. The number of aromatic nitrogens is 4. The number of rotatable bonds is 10. The van der Waals surface area contributed by atoms with Gasteiger partial charge < -0.3 is 13.9 Å². The van der Waals surface area contributed by atoms with Crippen molar-refractivity contribution in [2.45, 2.75) is 55.9 Å². The largest absolute Gasteiger partial charge is 0.515 e. The highest BCUT2D eigenvalue weighted by atomic mass is 32.2. The average Bonchev–Trinajstić information content (AvgIpc) is 3.27. The van der Waals surface area contributed by atoms with E-state index in [0.717, 1.165) is 4.91 Å². The summed E-state index contributed by atoms with van der Waals surface area (Å²) in [6.45, 7) is 14.8. The summed E-state index contributed by atoms with van der Waals surface area (Å²) in [6.07, 6.45) is 1.18. The fourth-order valence-corrected chi connectivity index (χ4v) is 6.34. The fourth-order valence-electron chi connectivity index (χ4n) is 2.96. The van der Waals surface area contributed by atoms with Crippen molar-refractivity contribution in [3.63, 3.8) is 0 Å². The van der Waals surface area contributed by atoms with E-state index in [4.69, 9.17) is 13.9 Å². The molecule has 1 fully saturated rings. The van der Waals surface area contributed by atoms with Crippen LogP contribution in [0.5, 0.6) is 0 Å². The lowest BCUT2D eigenvalue weighted by atomic mass is 10.00. The summed E-state index contributed by atoms with van der Waals surface area (Å²) in [5.41, 5.74) is 0. The van der Waals surface area contributed by atoms with Gasteiger partial charge in [-0.2, -0.15) is 0 Å². The van der Waals surface area contributed by atoms with Gasteiger partial charge in [0.15, 0.2) is 8.32 Å². The Morgan fingerprint density at radius 1 is 1.36 bits per heavy atom. The maximum absolute atomic E-state index is 13.0. The number of carbonyl (C=O) groups is 2. The zero-order valence-electron chi connectivity index (χ0n) is 19.9. The fraction of sp³-hybridized carbons (Fsp3) is 0.650. The zero-order chi connectivity index (χ0) is 24.4. The Bertz CT molecular complexity index is 946. The van der Waals surface area contributed by atoms with Crippen molar-refractivity contribution in [1.82, 2.24) is 25.1 Å². The van der Waals surface area contributed by atoms with E-state index in [1.807, 2.05) is 0 Å². The number of thioether (sulfide) groups is 2. The summed E-state index contributed by atoms with van der Waals surface area (Å²) in [7, 11) is -0.217. The molecule has 2 aliphatic rings. The number of hydrogen-bond acceptors (Lipinski definition) is 10. The third kappa shape index (κ3) is 5.64. The van der Waals surface area contributed by atoms with Crippen LogP contribution in [0.15, 0.2) is 28.6 Å². The van der Waals surface area contributed by atoms with Crippen molar-refractivity contribution < 1.29 is 23.5 Å². The molecular weight excluding hydrogens is 482 g/mol. The van der Waals surface area contributed by atoms with Gasteiger partial charge in [-0.25, -0.2) is 9.48 Å². The molecule has 33 heavy (non-hydrogen) atoms. The Morgan fingerprint density at radius 3 is 2.70 bits per heavy atom. The summed E-state index contributed by atoms with van der Waals surface area (Å²) >= 11 is 3.03. The minimum Gasteiger partial charge on any atom is -0.430 e. The Labute approximate surface area is 203 Å². The monoisotopic (exact) mass is 513 g/mol. The molecule has 0 bridgehead atoms. The summed E-state index contributed by atoms with van der Waals surface area (Å²) in [4.78, 5) is 27.5. The normalized spacial score (nSPS) is 20.5. The first kappa shape index (κ1) is 25.8. The maximum atomic E-state index is 13.0. The SMILES string of the molecule is C=CCOC(=O)OC1=C(CCSc2nnnn2C)S[C@@H]2[C@@H](CO[Si](C)(C)C(C)(C)C)C(=O)N12. The molecule has 0 aliphatic carbocycles. The predicted octanol–water partition coefficient (Wildman–Crippen LogP) is 3.75. The van der Waals surface area contributed by atoms with E-state index in [1.54, 1.807) is 28.4 Å². The number of β-lactam (4-membered cyclic amide) rings is 1. The first-order valence-electron chi connectivity index (χ1n) is 10.6. The second-order valence-electron chi connectivity index (χ2n) is 9.26. The maximum Gasteiger partial charge on any atom is 0.515 e. The molecule has 182 valence electrons. The standard InChI is InChI=1S/C20H31N5O5S2Si/c1-8-10-28-19(27)30-16-14(9-11-31-18-21-22-23-24(18)5)32-17-13(15(26)25(16)17)12-29-33(6,7)20(2,3)4/h8,13,17H,1,9-12H2,2-7H3/t13-,17+/m0/s1. The molecule has 0 spiro atoms. The van der Waals surface area contributed by atoms with Crippen molar-refractivity contribution in [1.29, 1.82) is 0 Å². The minimum atomic E-state index is -1.99. The minimum absolute atomic E-state index is 0.0317. The van der Waals surface area contributed by atoms with Gasteiger partial charge in [-0.1, -0.05) is 56.9 Å². The Kier molecular flexibility index (Phi) is 7.97. The molecular formula is C20H31N5O5S2Si. The molecule has 0 saturated carbocycles. The lowest BCUT2D eigenvalue weighted by Crippen LogP contribution is -2.59. The molecule has 2 atom stereocenters. The Hall–Kier alpha value is -1.83. The van der Waals surface area contributed by atoms with E-state index < -0.39 is 14.5 Å². The van der Waals surface area contributed by atoms with Crippen molar-refractivity contribution in [3.05, 3.63) is 23.4 Å². The molecule has 0 N–H and O–H groups in total. The van der Waals surface area contributed by atoms with Gasteiger partial charge in [0.05, 0.1) is 5.92 Å². The van der Waals surface area contributed by atoms with Crippen LogP contribution in [0.25, 0.3) is 0 Å². The van der Waals surface area contributed by atoms with E-state index >= 15 is 0 Å². The third-order valence-electron chi connectivity index (χ3n) is 5.94. The summed E-state index contributed by atoms with van der Waals surface area (Å²) in [5.74, 6) is 0.535. The summed E-state index contributed by atoms with van der Waals surface area (Å²) in [5, 5.41) is 12.0. The van der Waals surface area contributed by atoms with Gasteiger partial charge in [0.25, 0.3) is 0 Å². The second-order valence-corrected chi connectivity index (χ2v) is 16.3. The summed E-state index contributed by atoms with van der Waals surface area (Å²) in [6, 6.07) is 0. The number of ether oxygens (including phenoxy) is 2.